The van der Waals surface area contributed by atoms with E-state index in [4.69, 9.17) is 0 Å². The number of hydrogen-bond acceptors (Lipinski definition) is 2. The summed E-state index contributed by atoms with van der Waals surface area (Å²) in [5, 5.41) is 4.59. The number of rotatable bonds is 3. The van der Waals surface area contributed by atoms with E-state index >= 15 is 8.78 Å². The lowest BCUT2D eigenvalue weighted by molar-refractivity contribution is -0.173. The fourth-order valence-corrected chi connectivity index (χ4v) is 7.07. The highest BCUT2D eigenvalue weighted by atomic mass is 19.2. The molecule has 2 heterocycles. The second-order valence-corrected chi connectivity index (χ2v) is 13.5. The summed E-state index contributed by atoms with van der Waals surface area (Å²) in [6.07, 6.45) is 2.91. The van der Waals surface area contributed by atoms with Crippen molar-refractivity contribution in [3.63, 3.8) is 0 Å². The van der Waals surface area contributed by atoms with Crippen molar-refractivity contribution in [1.82, 2.24) is 10.4 Å². The molecule has 0 aliphatic carbocycles. The molecule has 0 atom stereocenters. The van der Waals surface area contributed by atoms with Gasteiger partial charge in [0.2, 0.25) is 0 Å². The summed E-state index contributed by atoms with van der Waals surface area (Å²) in [6.45, 7) is 16.2. The molecule has 0 spiro atoms. The van der Waals surface area contributed by atoms with Gasteiger partial charge in [-0.3, -0.25) is 0 Å². The predicted octanol–water partition coefficient (Wildman–Crippen LogP) is 8.28. The number of piperidine rings is 2. The van der Waals surface area contributed by atoms with Crippen LogP contribution in [0.25, 0.3) is 11.1 Å². The molecule has 2 aromatic carbocycles. The summed E-state index contributed by atoms with van der Waals surface area (Å²) in [4.78, 5) is 0. The molecule has 2 fully saturated rings. The molecule has 4 rings (SSSR count). The zero-order valence-electron chi connectivity index (χ0n) is 22.5. The fourth-order valence-electron chi connectivity index (χ4n) is 7.07. The first-order chi connectivity index (χ1) is 16.0. The highest BCUT2D eigenvalue weighted by Gasteiger charge is 2.46. The van der Waals surface area contributed by atoms with Crippen LogP contribution in [0, 0.1) is 11.6 Å². The lowest BCUT2D eigenvalue weighted by Gasteiger charge is -2.50. The summed E-state index contributed by atoms with van der Waals surface area (Å²) < 4.78 is 45.5. The molecule has 2 nitrogen and oxygen atoms in total. The Morgan fingerprint density at radius 1 is 0.686 bits per heavy atom. The molecule has 0 amide bonds. The molecular weight excluding hydrogens is 445 g/mol. The smallest absolute Gasteiger partial charge is 0.166 e. The van der Waals surface area contributed by atoms with E-state index in [-0.39, 0.29) is 28.5 Å². The van der Waals surface area contributed by atoms with Gasteiger partial charge in [-0.05, 0) is 110 Å². The monoisotopic (exact) mass is 486 g/mol. The van der Waals surface area contributed by atoms with Crippen molar-refractivity contribution in [2.45, 2.75) is 115 Å². The standard InChI is InChI=1S/C30H41F3N2/c1-27(2)15-22(16-28(3,4)34-27)24-14-13-23(25(31)26(24)32)20-11-9-19(10-12-20)21-17-29(5,6)35(33)30(7,8)18-21/h9-14,21-22,34H,15-18H2,1-8H3. The Kier molecular flexibility index (Phi) is 6.46. The number of hydrogen-bond donors (Lipinski definition) is 1. The average molecular weight is 487 g/mol. The van der Waals surface area contributed by atoms with E-state index in [9.17, 15) is 4.48 Å². The third kappa shape index (κ3) is 5.17. The normalized spacial score (nSPS) is 24.4. The molecule has 0 aromatic heterocycles. The first-order valence-corrected chi connectivity index (χ1v) is 12.9. The average Bonchev–Trinajstić information content (AvgIpc) is 2.71. The zero-order chi connectivity index (χ0) is 26.0. The fraction of sp³-hybridized carbons (Fsp3) is 0.600. The van der Waals surface area contributed by atoms with E-state index in [0.717, 1.165) is 23.5 Å². The van der Waals surface area contributed by atoms with Crippen LogP contribution in [0.3, 0.4) is 0 Å². The van der Waals surface area contributed by atoms with Crippen molar-refractivity contribution < 1.29 is 13.3 Å². The van der Waals surface area contributed by atoms with Gasteiger partial charge in [0.05, 0.1) is 0 Å². The maximum absolute atomic E-state index is 15.4. The molecule has 5 heteroatoms. The van der Waals surface area contributed by atoms with Gasteiger partial charge in [-0.1, -0.05) is 36.4 Å². The third-order valence-electron chi connectivity index (χ3n) is 7.99. The van der Waals surface area contributed by atoms with Gasteiger partial charge in [0.1, 0.15) is 0 Å². The minimum atomic E-state index is -0.780. The van der Waals surface area contributed by atoms with Crippen molar-refractivity contribution in [2.75, 3.05) is 0 Å². The molecule has 0 radical (unpaired) electrons. The molecular formula is C30H41F3N2. The summed E-state index contributed by atoms with van der Waals surface area (Å²) in [5.74, 6) is -1.35. The van der Waals surface area contributed by atoms with Crippen LogP contribution in [-0.4, -0.2) is 27.3 Å². The number of benzene rings is 2. The van der Waals surface area contributed by atoms with Crippen LogP contribution in [0.15, 0.2) is 36.4 Å². The maximum Gasteiger partial charge on any atom is 0.166 e. The Balaban J connectivity index is 1.59. The van der Waals surface area contributed by atoms with Crippen LogP contribution in [0.2, 0.25) is 0 Å². The Labute approximate surface area is 209 Å². The SMILES string of the molecule is CC1(C)CC(c2ccc(-c3ccc(C4CC(C)(C)N(F)C(C)(C)C4)cc3)c(F)c2F)CC(C)(C)N1. The van der Waals surface area contributed by atoms with Crippen molar-refractivity contribution >= 4 is 0 Å². The van der Waals surface area contributed by atoms with E-state index in [0.29, 0.717) is 24.0 Å². The Bertz CT molecular complexity index is 1050. The van der Waals surface area contributed by atoms with Crippen molar-refractivity contribution in [1.29, 1.82) is 0 Å². The van der Waals surface area contributed by atoms with E-state index in [2.05, 4.69) is 33.0 Å². The van der Waals surface area contributed by atoms with Gasteiger partial charge in [0.15, 0.2) is 11.6 Å². The summed E-state index contributed by atoms with van der Waals surface area (Å²) >= 11 is 0. The molecule has 2 saturated heterocycles. The third-order valence-corrected chi connectivity index (χ3v) is 7.99. The van der Waals surface area contributed by atoms with E-state index in [1.54, 1.807) is 12.1 Å². The molecule has 2 aliphatic rings. The van der Waals surface area contributed by atoms with Crippen LogP contribution < -0.4 is 5.32 Å². The summed E-state index contributed by atoms with van der Waals surface area (Å²) in [6, 6.07) is 11.2. The lowest BCUT2D eigenvalue weighted by Crippen LogP contribution is -2.57. The van der Waals surface area contributed by atoms with E-state index < -0.39 is 22.7 Å². The molecule has 0 saturated carbocycles. The molecule has 2 aliphatic heterocycles. The minimum absolute atomic E-state index is 0.0414. The number of halogens is 3. The van der Waals surface area contributed by atoms with Crippen LogP contribution in [-0.2, 0) is 0 Å². The molecule has 192 valence electrons. The summed E-state index contributed by atoms with van der Waals surface area (Å²) in [5.41, 5.74) is 1.10. The molecule has 1 N–H and O–H groups in total. The molecule has 0 unspecified atom stereocenters. The van der Waals surface area contributed by atoms with Gasteiger partial charge in [0, 0.05) is 27.7 Å². The van der Waals surface area contributed by atoms with Gasteiger partial charge in [-0.2, -0.15) is 0 Å². The van der Waals surface area contributed by atoms with Crippen LogP contribution >= 0.6 is 0 Å². The van der Waals surface area contributed by atoms with E-state index in [1.807, 2.05) is 52.0 Å². The topological polar surface area (TPSA) is 15.3 Å². The van der Waals surface area contributed by atoms with Crippen LogP contribution in [0.4, 0.5) is 13.3 Å². The Morgan fingerprint density at radius 2 is 1.20 bits per heavy atom. The Morgan fingerprint density at radius 3 is 1.71 bits per heavy atom. The maximum atomic E-state index is 15.4. The van der Waals surface area contributed by atoms with Gasteiger partial charge in [-0.15, -0.1) is 9.60 Å². The van der Waals surface area contributed by atoms with E-state index in [1.165, 1.54) is 0 Å². The quantitative estimate of drug-likeness (QED) is 0.439. The van der Waals surface area contributed by atoms with Crippen molar-refractivity contribution in [2.24, 2.45) is 0 Å². The first-order valence-electron chi connectivity index (χ1n) is 12.9. The van der Waals surface area contributed by atoms with Crippen LogP contribution in [0.5, 0.6) is 0 Å². The first kappa shape index (κ1) is 26.2. The number of nitrogens with one attached hydrogen (secondary N) is 1. The minimum Gasteiger partial charge on any atom is -0.307 e. The molecule has 35 heavy (non-hydrogen) atoms. The number of nitrogens with zero attached hydrogens (tertiary/aromatic N) is 1. The second-order valence-electron chi connectivity index (χ2n) is 13.5. The van der Waals surface area contributed by atoms with Crippen molar-refractivity contribution in [3.05, 3.63) is 59.2 Å². The van der Waals surface area contributed by atoms with Gasteiger partial charge in [0.25, 0.3) is 0 Å². The summed E-state index contributed by atoms with van der Waals surface area (Å²) in [7, 11) is 0. The van der Waals surface area contributed by atoms with Gasteiger partial charge < -0.3 is 5.32 Å². The highest BCUT2D eigenvalue weighted by molar-refractivity contribution is 5.65. The van der Waals surface area contributed by atoms with Gasteiger partial charge in [-0.25, -0.2) is 8.78 Å². The molecule has 2 aromatic rings. The largest absolute Gasteiger partial charge is 0.307 e. The lowest BCUT2D eigenvalue weighted by atomic mass is 9.72. The highest BCUT2D eigenvalue weighted by Crippen LogP contribution is 2.46. The predicted molar refractivity (Wildman–Crippen MR) is 138 cm³/mol. The van der Waals surface area contributed by atoms with Crippen LogP contribution in [0.1, 0.15) is 104 Å². The van der Waals surface area contributed by atoms with Gasteiger partial charge >= 0.3 is 0 Å². The second kappa shape index (κ2) is 8.62. The zero-order valence-corrected chi connectivity index (χ0v) is 22.5. The molecule has 0 bridgehead atoms. The van der Waals surface area contributed by atoms with Crippen molar-refractivity contribution in [3.8, 4) is 11.1 Å². The Hall–Kier alpha value is -1.85.